The Morgan fingerprint density at radius 3 is 2.84 bits per heavy atom. The van der Waals surface area contributed by atoms with Gasteiger partial charge < -0.3 is 20.9 Å². The van der Waals surface area contributed by atoms with Crippen LogP contribution in [0, 0.1) is 5.82 Å². The first-order chi connectivity index (χ1) is 12.1. The van der Waals surface area contributed by atoms with Gasteiger partial charge in [-0.05, 0) is 37.2 Å². The van der Waals surface area contributed by atoms with Gasteiger partial charge in [0.15, 0.2) is 11.5 Å². The molecule has 0 fully saturated rings. The van der Waals surface area contributed by atoms with E-state index in [9.17, 15) is 9.50 Å². The van der Waals surface area contributed by atoms with Gasteiger partial charge in [-0.1, -0.05) is 11.6 Å². The number of ether oxygens (including phenoxy) is 1. The molecule has 130 valence electrons. The predicted octanol–water partition coefficient (Wildman–Crippen LogP) is 3.60. The van der Waals surface area contributed by atoms with Crippen LogP contribution in [0.5, 0.6) is 11.5 Å². The van der Waals surface area contributed by atoms with Gasteiger partial charge in [0.25, 0.3) is 0 Å². The average Bonchev–Trinajstić information content (AvgIpc) is 2.59. The number of hydrogen-bond donors (Lipinski definition) is 3. The van der Waals surface area contributed by atoms with Gasteiger partial charge in [0.2, 0.25) is 0 Å². The lowest BCUT2D eigenvalue weighted by Gasteiger charge is -2.12. The number of phenols is 1. The van der Waals surface area contributed by atoms with E-state index in [1.165, 1.54) is 24.5 Å². The SMILES string of the molecule is NCCCOc1cc2c(Nc3ccc(F)c(Cl)c3)ncnc2cc1O. The number of hydrogen-bond acceptors (Lipinski definition) is 6. The Morgan fingerprint density at radius 2 is 2.08 bits per heavy atom. The molecule has 0 unspecified atom stereocenters. The molecule has 0 atom stereocenters. The number of nitrogens with one attached hydrogen (secondary N) is 1. The van der Waals surface area contributed by atoms with Gasteiger partial charge in [0.05, 0.1) is 17.1 Å². The highest BCUT2D eigenvalue weighted by Gasteiger charge is 2.11. The molecule has 4 N–H and O–H groups in total. The summed E-state index contributed by atoms with van der Waals surface area (Å²) in [6, 6.07) is 7.42. The Morgan fingerprint density at radius 1 is 1.24 bits per heavy atom. The fourth-order valence-electron chi connectivity index (χ4n) is 2.26. The van der Waals surface area contributed by atoms with Crippen LogP contribution in [0.25, 0.3) is 10.9 Å². The zero-order valence-corrected chi connectivity index (χ0v) is 13.9. The Bertz CT molecular complexity index is 907. The van der Waals surface area contributed by atoms with Crippen molar-refractivity contribution >= 4 is 34.0 Å². The van der Waals surface area contributed by atoms with Gasteiger partial charge in [-0.25, -0.2) is 14.4 Å². The molecule has 1 heterocycles. The van der Waals surface area contributed by atoms with Crippen molar-refractivity contribution in [1.29, 1.82) is 0 Å². The average molecular weight is 363 g/mol. The van der Waals surface area contributed by atoms with Crippen LogP contribution in [0.4, 0.5) is 15.9 Å². The van der Waals surface area contributed by atoms with Crippen molar-refractivity contribution in [3.8, 4) is 11.5 Å². The van der Waals surface area contributed by atoms with Crippen LogP contribution in [-0.4, -0.2) is 28.2 Å². The number of benzene rings is 2. The van der Waals surface area contributed by atoms with Gasteiger partial charge >= 0.3 is 0 Å². The summed E-state index contributed by atoms with van der Waals surface area (Å²) in [5.41, 5.74) is 6.55. The lowest BCUT2D eigenvalue weighted by atomic mass is 10.2. The zero-order chi connectivity index (χ0) is 17.8. The van der Waals surface area contributed by atoms with E-state index in [4.69, 9.17) is 22.1 Å². The topological polar surface area (TPSA) is 93.3 Å². The monoisotopic (exact) mass is 362 g/mol. The van der Waals surface area contributed by atoms with E-state index in [0.29, 0.717) is 47.7 Å². The first-order valence-electron chi connectivity index (χ1n) is 7.61. The maximum Gasteiger partial charge on any atom is 0.161 e. The van der Waals surface area contributed by atoms with Crippen molar-refractivity contribution < 1.29 is 14.2 Å². The summed E-state index contributed by atoms with van der Waals surface area (Å²) in [4.78, 5) is 8.35. The van der Waals surface area contributed by atoms with Crippen molar-refractivity contribution in [2.45, 2.75) is 6.42 Å². The Labute approximate surface area is 148 Å². The van der Waals surface area contributed by atoms with E-state index in [2.05, 4.69) is 15.3 Å². The third kappa shape index (κ3) is 3.89. The Balaban J connectivity index is 1.96. The summed E-state index contributed by atoms with van der Waals surface area (Å²) in [5.74, 6) is 0.284. The molecule has 0 aliphatic heterocycles. The highest BCUT2D eigenvalue weighted by Crippen LogP contribution is 2.34. The highest BCUT2D eigenvalue weighted by molar-refractivity contribution is 6.31. The third-order valence-corrected chi connectivity index (χ3v) is 3.79. The van der Waals surface area contributed by atoms with E-state index in [1.54, 1.807) is 12.1 Å². The number of anilines is 2. The van der Waals surface area contributed by atoms with E-state index in [0.717, 1.165) is 0 Å². The molecule has 0 bridgehead atoms. The molecular formula is C17H16ClFN4O2. The Hall–Kier alpha value is -2.64. The van der Waals surface area contributed by atoms with Crippen LogP contribution < -0.4 is 15.8 Å². The molecule has 0 amide bonds. The van der Waals surface area contributed by atoms with E-state index >= 15 is 0 Å². The molecule has 0 aliphatic rings. The summed E-state index contributed by atoms with van der Waals surface area (Å²) in [5, 5.41) is 13.8. The quantitative estimate of drug-likeness (QED) is 0.580. The van der Waals surface area contributed by atoms with E-state index in [-0.39, 0.29) is 10.8 Å². The van der Waals surface area contributed by atoms with Gasteiger partial charge in [0.1, 0.15) is 18.0 Å². The highest BCUT2D eigenvalue weighted by atomic mass is 35.5. The number of nitrogens with two attached hydrogens (primary N) is 1. The first kappa shape index (κ1) is 17.2. The largest absolute Gasteiger partial charge is 0.504 e. The van der Waals surface area contributed by atoms with Crippen LogP contribution in [0.1, 0.15) is 6.42 Å². The second-order valence-corrected chi connectivity index (χ2v) is 5.71. The van der Waals surface area contributed by atoms with Crippen LogP contribution in [0.3, 0.4) is 0 Å². The van der Waals surface area contributed by atoms with Crippen molar-refractivity contribution in [2.75, 3.05) is 18.5 Å². The maximum atomic E-state index is 13.3. The fourth-order valence-corrected chi connectivity index (χ4v) is 2.44. The number of aromatic hydroxyl groups is 1. The van der Waals surface area contributed by atoms with Crippen LogP contribution in [0.2, 0.25) is 5.02 Å². The molecule has 3 rings (SSSR count). The fraction of sp³-hybridized carbons (Fsp3) is 0.176. The summed E-state index contributed by atoms with van der Waals surface area (Å²) < 4.78 is 18.8. The standard InChI is InChI=1S/C17H16ClFN4O2/c18-12-6-10(2-3-13(12)19)23-17-11-7-16(25-5-1-4-20)15(24)8-14(11)21-9-22-17/h2-3,6-9,24H,1,4-5,20H2,(H,21,22,23). The summed E-state index contributed by atoms with van der Waals surface area (Å²) in [6.45, 7) is 0.884. The number of nitrogens with zero attached hydrogens (tertiary/aromatic N) is 2. The van der Waals surface area contributed by atoms with Crippen LogP contribution >= 0.6 is 11.6 Å². The zero-order valence-electron chi connectivity index (χ0n) is 13.2. The van der Waals surface area contributed by atoms with Crippen molar-refractivity contribution in [1.82, 2.24) is 9.97 Å². The van der Waals surface area contributed by atoms with Gasteiger partial charge in [0, 0.05) is 17.1 Å². The predicted molar refractivity (Wildman–Crippen MR) is 95.1 cm³/mol. The van der Waals surface area contributed by atoms with Crippen LogP contribution in [0.15, 0.2) is 36.7 Å². The molecule has 8 heteroatoms. The number of fused-ring (bicyclic) bond motifs is 1. The summed E-state index contributed by atoms with van der Waals surface area (Å²) >= 11 is 5.80. The second-order valence-electron chi connectivity index (χ2n) is 5.30. The molecule has 0 radical (unpaired) electrons. The van der Waals surface area contributed by atoms with Gasteiger partial charge in [-0.2, -0.15) is 0 Å². The molecule has 2 aromatic carbocycles. The number of halogens is 2. The molecule has 0 aliphatic carbocycles. The van der Waals surface area contributed by atoms with E-state index < -0.39 is 5.82 Å². The Kier molecular flexibility index (Phi) is 5.16. The summed E-state index contributed by atoms with van der Waals surface area (Å²) in [6.07, 6.45) is 2.03. The van der Waals surface area contributed by atoms with Crippen molar-refractivity contribution in [3.05, 3.63) is 47.5 Å². The first-order valence-corrected chi connectivity index (χ1v) is 7.99. The van der Waals surface area contributed by atoms with Crippen molar-refractivity contribution in [2.24, 2.45) is 5.73 Å². The molecule has 0 saturated heterocycles. The minimum absolute atomic E-state index is 0.00631. The number of rotatable bonds is 6. The molecule has 0 spiro atoms. The van der Waals surface area contributed by atoms with Gasteiger partial charge in [-0.3, -0.25) is 0 Å². The second kappa shape index (κ2) is 7.50. The minimum atomic E-state index is -0.500. The number of phenolic OH excluding ortho intramolecular Hbond substituents is 1. The molecule has 3 aromatic rings. The molecule has 25 heavy (non-hydrogen) atoms. The molecule has 6 nitrogen and oxygen atoms in total. The third-order valence-electron chi connectivity index (χ3n) is 3.50. The minimum Gasteiger partial charge on any atom is -0.504 e. The lowest BCUT2D eigenvalue weighted by molar-refractivity contribution is 0.296. The lowest BCUT2D eigenvalue weighted by Crippen LogP contribution is -2.06. The van der Waals surface area contributed by atoms with Crippen LogP contribution in [-0.2, 0) is 0 Å². The van der Waals surface area contributed by atoms with E-state index in [1.807, 2.05) is 0 Å². The molecule has 0 saturated carbocycles. The smallest absolute Gasteiger partial charge is 0.161 e. The number of aromatic nitrogens is 2. The summed E-state index contributed by atoms with van der Waals surface area (Å²) in [7, 11) is 0. The normalized spacial score (nSPS) is 10.8. The molecule has 1 aromatic heterocycles. The van der Waals surface area contributed by atoms with Gasteiger partial charge in [-0.15, -0.1) is 0 Å². The maximum absolute atomic E-state index is 13.3. The molecular weight excluding hydrogens is 347 g/mol. The van der Waals surface area contributed by atoms with Crippen molar-refractivity contribution in [3.63, 3.8) is 0 Å².